The highest BCUT2D eigenvalue weighted by molar-refractivity contribution is 5.83. The Kier molecular flexibility index (Phi) is 5.07. The van der Waals surface area contributed by atoms with Gasteiger partial charge in [-0.25, -0.2) is 0 Å². The maximum atomic E-state index is 13.1. The number of benzene rings is 1. The van der Waals surface area contributed by atoms with E-state index in [1.807, 2.05) is 12.1 Å². The molecule has 0 saturated heterocycles. The second-order valence-electron chi connectivity index (χ2n) is 8.90. The van der Waals surface area contributed by atoms with Gasteiger partial charge in [-0.3, -0.25) is 4.79 Å². The number of nitrogens with one attached hydrogen (secondary N) is 1. The van der Waals surface area contributed by atoms with Crippen molar-refractivity contribution in [2.75, 3.05) is 19.8 Å². The van der Waals surface area contributed by atoms with E-state index in [9.17, 15) is 4.79 Å². The highest BCUT2D eigenvalue weighted by Gasteiger charge is 2.54. The molecule has 5 rings (SSSR count). The molecule has 0 spiro atoms. The van der Waals surface area contributed by atoms with E-state index in [0.717, 1.165) is 42.6 Å². The van der Waals surface area contributed by atoms with E-state index in [1.165, 1.54) is 24.8 Å². The van der Waals surface area contributed by atoms with E-state index in [4.69, 9.17) is 9.84 Å². The summed E-state index contributed by atoms with van der Waals surface area (Å²) in [5.74, 6) is 2.54. The van der Waals surface area contributed by atoms with E-state index < -0.39 is 0 Å². The van der Waals surface area contributed by atoms with E-state index in [1.54, 1.807) is 0 Å². The molecular weight excluding hydrogens is 326 g/mol. The molecule has 1 unspecified atom stereocenters. The van der Waals surface area contributed by atoms with Crippen LogP contribution in [0.4, 0.5) is 0 Å². The molecule has 4 heteroatoms. The van der Waals surface area contributed by atoms with Crippen LogP contribution in [0.1, 0.15) is 55.8 Å². The topological polar surface area (TPSA) is 58.6 Å². The molecule has 26 heavy (non-hydrogen) atoms. The number of rotatable bonds is 7. The van der Waals surface area contributed by atoms with Crippen LogP contribution in [0.2, 0.25) is 0 Å². The Bertz CT molecular complexity index is 604. The van der Waals surface area contributed by atoms with E-state index >= 15 is 0 Å². The molecule has 4 aliphatic carbocycles. The third kappa shape index (κ3) is 3.54. The first-order valence-electron chi connectivity index (χ1n) is 10.2. The highest BCUT2D eigenvalue weighted by Crippen LogP contribution is 2.60. The maximum absolute atomic E-state index is 13.1. The minimum absolute atomic E-state index is 0.00865. The summed E-state index contributed by atoms with van der Waals surface area (Å²) >= 11 is 0. The average molecular weight is 357 g/mol. The fourth-order valence-corrected chi connectivity index (χ4v) is 6.01. The van der Waals surface area contributed by atoms with Crippen LogP contribution in [0.25, 0.3) is 0 Å². The smallest absolute Gasteiger partial charge is 0.226 e. The van der Waals surface area contributed by atoms with Gasteiger partial charge in [-0.05, 0) is 68.8 Å². The maximum Gasteiger partial charge on any atom is 0.226 e. The van der Waals surface area contributed by atoms with Gasteiger partial charge in [0, 0.05) is 12.0 Å². The molecular formula is C22H31NO3. The summed E-state index contributed by atoms with van der Waals surface area (Å²) in [6.45, 7) is 2.81. The predicted octanol–water partition coefficient (Wildman–Crippen LogP) is 3.38. The molecule has 2 N–H and O–H groups in total. The van der Waals surface area contributed by atoms with Crippen LogP contribution >= 0.6 is 0 Å². The lowest BCUT2D eigenvalue weighted by Crippen LogP contribution is -2.54. The predicted molar refractivity (Wildman–Crippen MR) is 101 cm³/mol. The van der Waals surface area contributed by atoms with Crippen LogP contribution < -0.4 is 5.32 Å². The van der Waals surface area contributed by atoms with Gasteiger partial charge >= 0.3 is 0 Å². The Morgan fingerprint density at radius 3 is 2.27 bits per heavy atom. The van der Waals surface area contributed by atoms with Crippen LogP contribution in [-0.4, -0.2) is 30.8 Å². The van der Waals surface area contributed by atoms with Crippen molar-refractivity contribution in [3.63, 3.8) is 0 Å². The molecule has 1 amide bonds. The van der Waals surface area contributed by atoms with Crippen molar-refractivity contribution in [1.82, 2.24) is 5.32 Å². The van der Waals surface area contributed by atoms with Crippen molar-refractivity contribution in [3.8, 4) is 0 Å². The molecule has 1 aromatic carbocycles. The summed E-state index contributed by atoms with van der Waals surface area (Å²) in [7, 11) is 0. The van der Waals surface area contributed by atoms with E-state index in [2.05, 4.69) is 24.4 Å². The number of carbonyl (C=O) groups is 1. The first-order valence-corrected chi connectivity index (χ1v) is 10.2. The zero-order valence-corrected chi connectivity index (χ0v) is 15.7. The molecule has 142 valence electrons. The van der Waals surface area contributed by atoms with Gasteiger partial charge in [0.2, 0.25) is 5.91 Å². The Balaban J connectivity index is 1.42. The molecule has 4 aliphatic rings. The molecule has 0 radical (unpaired) electrons. The highest BCUT2D eigenvalue weighted by atomic mass is 16.5. The van der Waals surface area contributed by atoms with Crippen LogP contribution in [-0.2, 0) is 9.53 Å². The van der Waals surface area contributed by atoms with Crippen LogP contribution in [0.3, 0.4) is 0 Å². The van der Waals surface area contributed by atoms with Crippen LogP contribution in [0, 0.1) is 30.1 Å². The van der Waals surface area contributed by atoms with Gasteiger partial charge in [-0.1, -0.05) is 29.8 Å². The van der Waals surface area contributed by atoms with Gasteiger partial charge in [0.15, 0.2) is 0 Å². The third-order valence-electron chi connectivity index (χ3n) is 6.83. The van der Waals surface area contributed by atoms with Gasteiger partial charge in [-0.15, -0.1) is 0 Å². The van der Waals surface area contributed by atoms with Crippen molar-refractivity contribution in [1.29, 1.82) is 0 Å². The lowest BCUT2D eigenvalue weighted by Gasteiger charge is -2.55. The largest absolute Gasteiger partial charge is 0.394 e. The zero-order valence-electron chi connectivity index (χ0n) is 15.7. The third-order valence-corrected chi connectivity index (χ3v) is 6.83. The van der Waals surface area contributed by atoms with Crippen molar-refractivity contribution in [3.05, 3.63) is 35.4 Å². The van der Waals surface area contributed by atoms with Gasteiger partial charge in [-0.2, -0.15) is 0 Å². The Morgan fingerprint density at radius 1 is 1.15 bits per heavy atom. The van der Waals surface area contributed by atoms with Crippen molar-refractivity contribution in [2.45, 2.75) is 51.6 Å². The molecule has 4 nitrogen and oxygen atoms in total. The number of carbonyl (C=O) groups excluding carboxylic acids is 1. The van der Waals surface area contributed by atoms with Gasteiger partial charge in [0.1, 0.15) is 0 Å². The summed E-state index contributed by atoms with van der Waals surface area (Å²) in [5.41, 5.74) is 2.13. The summed E-state index contributed by atoms with van der Waals surface area (Å²) < 4.78 is 5.82. The van der Waals surface area contributed by atoms with Gasteiger partial charge < -0.3 is 15.2 Å². The number of aliphatic hydroxyl groups excluding tert-OH is 1. The molecule has 1 aromatic rings. The molecule has 4 fully saturated rings. The van der Waals surface area contributed by atoms with Crippen LogP contribution in [0.5, 0.6) is 0 Å². The van der Waals surface area contributed by atoms with Gasteiger partial charge in [0.05, 0.1) is 19.3 Å². The van der Waals surface area contributed by atoms with Crippen molar-refractivity contribution >= 4 is 5.91 Å². The van der Waals surface area contributed by atoms with Crippen molar-refractivity contribution in [2.24, 2.45) is 23.2 Å². The Labute approximate surface area is 156 Å². The van der Waals surface area contributed by atoms with Crippen LogP contribution in [0.15, 0.2) is 24.3 Å². The van der Waals surface area contributed by atoms with Gasteiger partial charge in [0.25, 0.3) is 0 Å². The fourth-order valence-electron chi connectivity index (χ4n) is 6.01. The lowest BCUT2D eigenvalue weighted by atomic mass is 9.49. The lowest BCUT2D eigenvalue weighted by molar-refractivity contribution is -0.147. The number of ether oxygens (including phenoxy) is 1. The molecule has 4 saturated carbocycles. The molecule has 4 bridgehead atoms. The normalized spacial score (nSPS) is 33.2. The minimum atomic E-state index is -0.208. The number of aryl methyl sites for hydroxylation is 1. The summed E-state index contributed by atoms with van der Waals surface area (Å²) in [6, 6.07) is 8.22. The summed E-state index contributed by atoms with van der Waals surface area (Å²) in [6.07, 6.45) is 7.07. The number of hydrogen-bond acceptors (Lipinski definition) is 3. The number of hydrogen-bond donors (Lipinski definition) is 2. The molecule has 0 heterocycles. The quantitative estimate of drug-likeness (QED) is 0.786. The number of aliphatic hydroxyl groups is 1. The van der Waals surface area contributed by atoms with Crippen molar-refractivity contribution < 1.29 is 14.6 Å². The first-order chi connectivity index (χ1) is 12.6. The SMILES string of the molecule is Cc1ccc(C(CNC(=O)C23CC4CC(CC(C4)C2)C3)OCCO)cc1. The Hall–Kier alpha value is -1.39. The zero-order chi connectivity index (χ0) is 18.1. The second-order valence-corrected chi connectivity index (χ2v) is 8.90. The average Bonchev–Trinajstić information content (AvgIpc) is 2.61. The standard InChI is InChI=1S/C22H31NO3/c1-15-2-4-19(5-3-15)20(26-7-6-24)14-23-21(25)22-11-16-8-17(12-22)10-18(9-16)13-22/h2-5,16-18,20,24H,6-14H2,1H3,(H,23,25). The molecule has 1 atom stereocenters. The summed E-state index contributed by atoms with van der Waals surface area (Å²) in [4.78, 5) is 13.1. The second kappa shape index (κ2) is 7.32. The first kappa shape index (κ1) is 18.0. The molecule has 0 aliphatic heterocycles. The minimum Gasteiger partial charge on any atom is -0.394 e. The Morgan fingerprint density at radius 2 is 1.73 bits per heavy atom. The van der Waals surface area contributed by atoms with E-state index in [-0.39, 0.29) is 30.6 Å². The molecule has 0 aromatic heterocycles. The number of amides is 1. The fraction of sp³-hybridized carbons (Fsp3) is 0.682. The monoisotopic (exact) mass is 357 g/mol. The summed E-state index contributed by atoms with van der Waals surface area (Å²) in [5, 5.41) is 12.3. The van der Waals surface area contributed by atoms with E-state index in [0.29, 0.717) is 6.54 Å².